The second kappa shape index (κ2) is 7.60. The molecule has 2 aromatic rings. The number of hydrogen-bond acceptors (Lipinski definition) is 5. The first-order chi connectivity index (χ1) is 12.9. The van der Waals surface area contributed by atoms with Gasteiger partial charge in [0.25, 0.3) is 0 Å². The van der Waals surface area contributed by atoms with Gasteiger partial charge in [0.05, 0.1) is 18.0 Å². The average Bonchev–Trinajstić information content (AvgIpc) is 3.46. The highest BCUT2D eigenvalue weighted by atomic mass is 35.5. The summed E-state index contributed by atoms with van der Waals surface area (Å²) in [5, 5.41) is 13.0. The summed E-state index contributed by atoms with van der Waals surface area (Å²) in [5.74, 6) is -1.48. The first-order valence-electron chi connectivity index (χ1n) is 9.10. The van der Waals surface area contributed by atoms with Crippen LogP contribution in [0.4, 0.5) is 10.1 Å². The standard InChI is InChI=1S/C19H22FN3O4.ClH/c1-10-9-21-5-6-22(10)17-13(20)7-12-15(24)8-14(19(25)26)23(11-3-4-11)16(12)18(17)27-2;/h7-8,10-11,21H,3-6,9H2,1-2H3,(H,25,26);1H. The van der Waals surface area contributed by atoms with Crippen LogP contribution in [0.15, 0.2) is 16.9 Å². The number of benzene rings is 1. The largest absolute Gasteiger partial charge is 0.492 e. The van der Waals surface area contributed by atoms with Crippen molar-refractivity contribution in [3.05, 3.63) is 33.9 Å². The Morgan fingerprint density at radius 1 is 1.36 bits per heavy atom. The van der Waals surface area contributed by atoms with Crippen LogP contribution in [0, 0.1) is 5.82 Å². The van der Waals surface area contributed by atoms with Crippen LogP contribution in [-0.4, -0.2) is 48.4 Å². The highest BCUT2D eigenvalue weighted by molar-refractivity contribution is 5.96. The highest BCUT2D eigenvalue weighted by Gasteiger charge is 2.33. The van der Waals surface area contributed by atoms with E-state index in [0.29, 0.717) is 25.2 Å². The summed E-state index contributed by atoms with van der Waals surface area (Å²) in [6.45, 7) is 3.98. The molecule has 1 unspecified atom stereocenters. The van der Waals surface area contributed by atoms with Crippen molar-refractivity contribution in [2.75, 3.05) is 31.6 Å². The van der Waals surface area contributed by atoms with Gasteiger partial charge in [-0.05, 0) is 25.8 Å². The number of rotatable bonds is 4. The number of aromatic nitrogens is 1. The molecule has 0 radical (unpaired) electrons. The van der Waals surface area contributed by atoms with E-state index in [2.05, 4.69) is 5.32 Å². The molecule has 1 aliphatic carbocycles. The van der Waals surface area contributed by atoms with E-state index < -0.39 is 17.2 Å². The minimum atomic E-state index is -1.18. The van der Waals surface area contributed by atoms with Crippen LogP contribution in [0.1, 0.15) is 36.3 Å². The minimum Gasteiger partial charge on any atom is -0.492 e. The molecule has 28 heavy (non-hydrogen) atoms. The number of aromatic carboxylic acids is 1. The van der Waals surface area contributed by atoms with Crippen molar-refractivity contribution in [3.63, 3.8) is 0 Å². The van der Waals surface area contributed by atoms with Gasteiger partial charge >= 0.3 is 5.97 Å². The van der Waals surface area contributed by atoms with Crippen molar-refractivity contribution in [1.29, 1.82) is 0 Å². The third-order valence-electron chi connectivity index (χ3n) is 5.34. The third-order valence-corrected chi connectivity index (χ3v) is 5.34. The number of hydrogen-bond donors (Lipinski definition) is 2. The predicted molar refractivity (Wildman–Crippen MR) is 107 cm³/mol. The molecule has 0 amide bonds. The molecule has 2 fully saturated rings. The molecule has 0 bridgehead atoms. The zero-order valence-corrected chi connectivity index (χ0v) is 16.5. The van der Waals surface area contributed by atoms with Gasteiger partial charge in [0, 0.05) is 37.8 Å². The Morgan fingerprint density at radius 2 is 2.07 bits per heavy atom. The normalized spacial score (nSPS) is 19.4. The summed E-state index contributed by atoms with van der Waals surface area (Å²) < 4.78 is 22.3. The number of methoxy groups -OCH3 is 1. The van der Waals surface area contributed by atoms with Crippen LogP contribution in [0.25, 0.3) is 10.9 Å². The van der Waals surface area contributed by atoms with E-state index in [1.807, 2.05) is 11.8 Å². The number of carboxylic acid groups (broad SMARTS) is 1. The molecule has 4 rings (SSSR count). The summed E-state index contributed by atoms with van der Waals surface area (Å²) in [6.07, 6.45) is 1.64. The van der Waals surface area contributed by atoms with Gasteiger partial charge in [-0.3, -0.25) is 4.79 Å². The van der Waals surface area contributed by atoms with Crippen LogP contribution in [-0.2, 0) is 0 Å². The van der Waals surface area contributed by atoms with Gasteiger partial charge in [0.1, 0.15) is 11.4 Å². The summed E-state index contributed by atoms with van der Waals surface area (Å²) in [6, 6.07) is 2.30. The summed E-state index contributed by atoms with van der Waals surface area (Å²) in [7, 11) is 1.43. The van der Waals surface area contributed by atoms with E-state index in [0.717, 1.165) is 18.9 Å². The van der Waals surface area contributed by atoms with E-state index in [1.54, 1.807) is 4.57 Å². The Hall–Kier alpha value is -2.32. The maximum atomic E-state index is 15.1. The summed E-state index contributed by atoms with van der Waals surface area (Å²) >= 11 is 0. The number of piperazine rings is 1. The monoisotopic (exact) mass is 411 g/mol. The molecule has 9 heteroatoms. The Balaban J connectivity index is 0.00000225. The van der Waals surface area contributed by atoms with E-state index >= 15 is 4.39 Å². The molecule has 1 saturated carbocycles. The van der Waals surface area contributed by atoms with Gasteiger partial charge in [-0.2, -0.15) is 0 Å². The van der Waals surface area contributed by atoms with Gasteiger partial charge in [-0.15, -0.1) is 12.4 Å². The fourth-order valence-electron chi connectivity index (χ4n) is 3.94. The smallest absolute Gasteiger partial charge is 0.352 e. The number of ether oxygens (including phenoxy) is 1. The first kappa shape index (κ1) is 20.4. The fraction of sp³-hybridized carbons (Fsp3) is 0.474. The number of anilines is 1. The van der Waals surface area contributed by atoms with Crippen LogP contribution in [0.3, 0.4) is 0 Å². The van der Waals surface area contributed by atoms with Gasteiger partial charge < -0.3 is 24.6 Å². The maximum absolute atomic E-state index is 15.1. The SMILES string of the molecule is COc1c(N2CCNCC2C)c(F)cc2c(=O)cc(C(=O)O)n(C3CC3)c12.Cl. The Kier molecular flexibility index (Phi) is 5.54. The predicted octanol–water partition coefficient (Wildman–Crippen LogP) is 2.40. The van der Waals surface area contributed by atoms with Crippen molar-refractivity contribution < 1.29 is 19.0 Å². The topological polar surface area (TPSA) is 83.8 Å². The highest BCUT2D eigenvalue weighted by Crippen LogP contribution is 2.44. The molecule has 2 N–H and O–H groups in total. The van der Waals surface area contributed by atoms with Crippen molar-refractivity contribution in [2.24, 2.45) is 0 Å². The lowest BCUT2D eigenvalue weighted by molar-refractivity contribution is 0.0684. The fourth-order valence-corrected chi connectivity index (χ4v) is 3.94. The summed E-state index contributed by atoms with van der Waals surface area (Å²) in [5.41, 5.74) is 0.0537. The Bertz CT molecular complexity index is 990. The lowest BCUT2D eigenvalue weighted by atomic mass is 10.1. The quantitative estimate of drug-likeness (QED) is 0.803. The van der Waals surface area contributed by atoms with Crippen LogP contribution in [0.5, 0.6) is 5.75 Å². The second-order valence-corrected chi connectivity index (χ2v) is 7.18. The molecule has 1 atom stereocenters. The Labute approximate surface area is 167 Å². The molecule has 152 valence electrons. The van der Waals surface area contributed by atoms with Gasteiger partial charge in [0.2, 0.25) is 0 Å². The minimum absolute atomic E-state index is 0. The molecule has 1 saturated heterocycles. The molecule has 2 heterocycles. The number of carboxylic acids is 1. The zero-order chi connectivity index (χ0) is 19.3. The lowest BCUT2D eigenvalue weighted by Gasteiger charge is -2.37. The molecule has 1 aromatic heterocycles. The third kappa shape index (κ3) is 3.20. The Morgan fingerprint density at radius 3 is 2.64 bits per heavy atom. The number of nitrogens with zero attached hydrogens (tertiary/aromatic N) is 2. The number of fused-ring (bicyclic) bond motifs is 1. The molecular formula is C19H23ClFN3O4. The van der Waals surface area contributed by atoms with E-state index in [9.17, 15) is 14.7 Å². The molecule has 1 aliphatic heterocycles. The molecule has 2 aliphatic rings. The van der Waals surface area contributed by atoms with Gasteiger partial charge in [0.15, 0.2) is 17.0 Å². The lowest BCUT2D eigenvalue weighted by Crippen LogP contribution is -2.50. The van der Waals surface area contributed by atoms with Crippen molar-refractivity contribution in [2.45, 2.75) is 31.8 Å². The number of nitrogens with one attached hydrogen (secondary N) is 1. The number of halogens is 2. The molecule has 1 aromatic carbocycles. The van der Waals surface area contributed by atoms with Gasteiger partial charge in [-0.25, -0.2) is 9.18 Å². The van der Waals surface area contributed by atoms with E-state index in [4.69, 9.17) is 4.74 Å². The molecule has 7 nitrogen and oxygen atoms in total. The van der Waals surface area contributed by atoms with Crippen molar-refractivity contribution >= 4 is 35.0 Å². The van der Waals surface area contributed by atoms with Crippen LogP contribution >= 0.6 is 12.4 Å². The first-order valence-corrected chi connectivity index (χ1v) is 9.10. The molecule has 0 spiro atoms. The van der Waals surface area contributed by atoms with Crippen LogP contribution < -0.4 is 20.4 Å². The summed E-state index contributed by atoms with van der Waals surface area (Å²) in [4.78, 5) is 26.2. The molecular weight excluding hydrogens is 389 g/mol. The van der Waals surface area contributed by atoms with Crippen LogP contribution in [0.2, 0.25) is 0 Å². The van der Waals surface area contributed by atoms with Crippen molar-refractivity contribution in [1.82, 2.24) is 9.88 Å². The second-order valence-electron chi connectivity index (χ2n) is 7.18. The van der Waals surface area contributed by atoms with E-state index in [-0.39, 0.29) is 47.0 Å². The van der Waals surface area contributed by atoms with Gasteiger partial charge in [-0.1, -0.05) is 0 Å². The van der Waals surface area contributed by atoms with E-state index in [1.165, 1.54) is 13.2 Å². The van der Waals surface area contributed by atoms with Crippen molar-refractivity contribution in [3.8, 4) is 5.75 Å². The number of pyridine rings is 1. The average molecular weight is 412 g/mol. The number of carbonyl (C=O) groups is 1. The maximum Gasteiger partial charge on any atom is 0.352 e. The zero-order valence-electron chi connectivity index (χ0n) is 15.7.